The van der Waals surface area contributed by atoms with E-state index in [-0.39, 0.29) is 17.9 Å². The lowest BCUT2D eigenvalue weighted by molar-refractivity contribution is 0.0527. The highest BCUT2D eigenvalue weighted by atomic mass is 32.2. The van der Waals surface area contributed by atoms with Gasteiger partial charge in [-0.05, 0) is 55.3 Å². The summed E-state index contributed by atoms with van der Waals surface area (Å²) in [5, 5.41) is 3.90. The van der Waals surface area contributed by atoms with E-state index < -0.39 is 15.8 Å². The van der Waals surface area contributed by atoms with Crippen LogP contribution in [0.5, 0.6) is 5.75 Å². The Balaban J connectivity index is 1.95. The van der Waals surface area contributed by atoms with Gasteiger partial charge in [0.05, 0.1) is 35.6 Å². The zero-order valence-electron chi connectivity index (χ0n) is 16.1. The second kappa shape index (κ2) is 7.36. The van der Waals surface area contributed by atoms with E-state index in [1.807, 2.05) is 12.1 Å². The molecule has 0 unspecified atom stereocenters. The molecule has 0 atom stereocenters. The number of aromatic nitrogens is 1. The molecule has 0 saturated carbocycles. The molecular formula is C21H20N2O5S. The van der Waals surface area contributed by atoms with Gasteiger partial charge in [0, 0.05) is 17.3 Å². The number of anilines is 2. The highest BCUT2D eigenvalue weighted by molar-refractivity contribution is 7.91. The third-order valence-electron chi connectivity index (χ3n) is 4.91. The monoisotopic (exact) mass is 412 g/mol. The zero-order valence-corrected chi connectivity index (χ0v) is 16.9. The summed E-state index contributed by atoms with van der Waals surface area (Å²) in [7, 11) is -1.74. The van der Waals surface area contributed by atoms with E-state index in [0.29, 0.717) is 39.2 Å². The number of methoxy groups -OCH3 is 1. The normalized spacial score (nSPS) is 14.4. The largest absolute Gasteiger partial charge is 0.497 e. The molecule has 2 heterocycles. The molecule has 4 rings (SSSR count). The number of fused-ring (bicyclic) bond motifs is 3. The number of rotatable bonds is 5. The van der Waals surface area contributed by atoms with E-state index in [2.05, 4.69) is 10.3 Å². The summed E-state index contributed by atoms with van der Waals surface area (Å²) in [6.45, 7) is 1.95. The van der Waals surface area contributed by atoms with Crippen LogP contribution in [0.15, 0.2) is 47.5 Å². The molecule has 29 heavy (non-hydrogen) atoms. The number of nitrogens with one attached hydrogen (secondary N) is 1. The van der Waals surface area contributed by atoms with Gasteiger partial charge in [0.15, 0.2) is 9.84 Å². The minimum Gasteiger partial charge on any atom is -0.497 e. The fourth-order valence-electron chi connectivity index (χ4n) is 3.53. The maximum Gasteiger partial charge on any atom is 0.341 e. The molecule has 7 nitrogen and oxygen atoms in total. The van der Waals surface area contributed by atoms with E-state index >= 15 is 0 Å². The number of ether oxygens (including phenoxy) is 2. The fraction of sp³-hybridized carbons (Fsp3) is 0.238. The topological polar surface area (TPSA) is 94.6 Å². The SMILES string of the molecule is CCOC(=O)c1cnc2ccc3c(c2c1Nc1ccc(OC)cc1)CCS3(=O)=O. The van der Waals surface area contributed by atoms with Crippen LogP contribution in [0.25, 0.3) is 10.9 Å². The Bertz CT molecular complexity index is 1200. The first-order valence-electron chi connectivity index (χ1n) is 9.20. The van der Waals surface area contributed by atoms with Crippen molar-refractivity contribution >= 4 is 38.1 Å². The first-order valence-corrected chi connectivity index (χ1v) is 10.9. The van der Waals surface area contributed by atoms with Crippen LogP contribution in [-0.4, -0.2) is 38.8 Å². The number of hydrogen-bond donors (Lipinski definition) is 1. The minimum atomic E-state index is -3.33. The lowest BCUT2D eigenvalue weighted by Crippen LogP contribution is -2.10. The summed E-state index contributed by atoms with van der Waals surface area (Å²) >= 11 is 0. The molecule has 0 radical (unpaired) electrons. The molecule has 0 spiro atoms. The standard InChI is InChI=1S/C21H20N2O5S/c1-3-28-21(24)16-12-22-17-8-9-18-15(10-11-29(18,25)26)19(17)20(16)23-13-4-6-14(27-2)7-5-13/h4-9,12H,3,10-11H2,1-2H3,(H,22,23). The van der Waals surface area contributed by atoms with Gasteiger partial charge in [-0.15, -0.1) is 0 Å². The molecule has 0 aliphatic carbocycles. The molecule has 0 fully saturated rings. The molecular weight excluding hydrogens is 392 g/mol. The molecule has 0 saturated heterocycles. The third-order valence-corrected chi connectivity index (χ3v) is 6.70. The number of sulfone groups is 1. The Hall–Kier alpha value is -3.13. The highest BCUT2D eigenvalue weighted by Gasteiger charge is 2.30. The first-order chi connectivity index (χ1) is 13.9. The smallest absolute Gasteiger partial charge is 0.341 e. The lowest BCUT2D eigenvalue weighted by atomic mass is 10.0. The summed E-state index contributed by atoms with van der Waals surface area (Å²) in [6.07, 6.45) is 1.84. The Morgan fingerprint density at radius 2 is 1.93 bits per heavy atom. The predicted octanol–water partition coefficient (Wildman–Crippen LogP) is 3.49. The number of carbonyl (C=O) groups excluding carboxylic acids is 1. The minimum absolute atomic E-state index is 0.0487. The number of aryl methyl sites for hydroxylation is 1. The maximum atomic E-state index is 12.6. The van der Waals surface area contributed by atoms with Crippen LogP contribution in [0.3, 0.4) is 0 Å². The van der Waals surface area contributed by atoms with Crippen LogP contribution < -0.4 is 10.1 Å². The van der Waals surface area contributed by atoms with Gasteiger partial charge < -0.3 is 14.8 Å². The van der Waals surface area contributed by atoms with Gasteiger partial charge in [0.1, 0.15) is 11.3 Å². The van der Waals surface area contributed by atoms with E-state index in [0.717, 1.165) is 5.69 Å². The van der Waals surface area contributed by atoms with Crippen molar-refractivity contribution in [2.75, 3.05) is 24.8 Å². The van der Waals surface area contributed by atoms with E-state index in [1.165, 1.54) is 6.20 Å². The number of benzene rings is 2. The van der Waals surface area contributed by atoms with Crippen molar-refractivity contribution in [3.05, 3.63) is 53.7 Å². The van der Waals surface area contributed by atoms with Crippen molar-refractivity contribution in [1.82, 2.24) is 4.98 Å². The van der Waals surface area contributed by atoms with Crippen LogP contribution in [-0.2, 0) is 21.0 Å². The third kappa shape index (κ3) is 3.40. The predicted molar refractivity (Wildman–Crippen MR) is 110 cm³/mol. The average molecular weight is 412 g/mol. The highest BCUT2D eigenvalue weighted by Crippen LogP contribution is 2.38. The first kappa shape index (κ1) is 19.2. The second-order valence-corrected chi connectivity index (χ2v) is 8.70. The van der Waals surface area contributed by atoms with Crippen LogP contribution in [0.1, 0.15) is 22.8 Å². The van der Waals surface area contributed by atoms with Crippen molar-refractivity contribution in [3.63, 3.8) is 0 Å². The number of pyridine rings is 1. The van der Waals surface area contributed by atoms with Gasteiger partial charge >= 0.3 is 5.97 Å². The quantitative estimate of drug-likeness (QED) is 0.641. The van der Waals surface area contributed by atoms with E-state index in [9.17, 15) is 13.2 Å². The van der Waals surface area contributed by atoms with Gasteiger partial charge in [0.25, 0.3) is 0 Å². The fourth-order valence-corrected chi connectivity index (χ4v) is 5.08. The van der Waals surface area contributed by atoms with Crippen LogP contribution in [0, 0.1) is 0 Å². The summed E-state index contributed by atoms with van der Waals surface area (Å²) in [4.78, 5) is 17.3. The van der Waals surface area contributed by atoms with Gasteiger partial charge in [-0.1, -0.05) is 0 Å². The van der Waals surface area contributed by atoms with E-state index in [1.54, 1.807) is 38.3 Å². The molecule has 1 aliphatic rings. The molecule has 8 heteroatoms. The number of carbonyl (C=O) groups is 1. The number of nitrogens with zero attached hydrogens (tertiary/aromatic N) is 1. The Morgan fingerprint density at radius 3 is 2.62 bits per heavy atom. The van der Waals surface area contributed by atoms with Crippen LogP contribution in [0.4, 0.5) is 11.4 Å². The zero-order chi connectivity index (χ0) is 20.6. The van der Waals surface area contributed by atoms with Crippen molar-refractivity contribution < 1.29 is 22.7 Å². The molecule has 1 aliphatic heterocycles. The van der Waals surface area contributed by atoms with Gasteiger partial charge in [-0.25, -0.2) is 13.2 Å². The second-order valence-electron chi connectivity index (χ2n) is 6.63. The summed E-state index contributed by atoms with van der Waals surface area (Å²) in [5.74, 6) is 0.233. The molecule has 0 bridgehead atoms. The Morgan fingerprint density at radius 1 is 1.17 bits per heavy atom. The van der Waals surface area contributed by atoms with Crippen molar-refractivity contribution in [3.8, 4) is 5.75 Å². The van der Waals surface area contributed by atoms with Gasteiger partial charge in [-0.2, -0.15) is 0 Å². The number of esters is 1. The Kier molecular flexibility index (Phi) is 4.87. The van der Waals surface area contributed by atoms with Crippen molar-refractivity contribution in [1.29, 1.82) is 0 Å². The van der Waals surface area contributed by atoms with Crippen LogP contribution in [0.2, 0.25) is 0 Å². The molecule has 1 aromatic heterocycles. The summed E-state index contributed by atoms with van der Waals surface area (Å²) < 4.78 is 35.2. The number of hydrogen-bond acceptors (Lipinski definition) is 7. The van der Waals surface area contributed by atoms with Crippen molar-refractivity contribution in [2.45, 2.75) is 18.2 Å². The lowest BCUT2D eigenvalue weighted by Gasteiger charge is -2.16. The van der Waals surface area contributed by atoms with E-state index in [4.69, 9.17) is 9.47 Å². The molecule has 1 N–H and O–H groups in total. The average Bonchev–Trinajstić information content (AvgIpc) is 3.03. The van der Waals surface area contributed by atoms with Gasteiger partial charge in [0.2, 0.25) is 0 Å². The summed E-state index contributed by atoms with van der Waals surface area (Å²) in [5.41, 5.74) is 2.77. The van der Waals surface area contributed by atoms with Crippen LogP contribution >= 0.6 is 0 Å². The summed E-state index contributed by atoms with van der Waals surface area (Å²) in [6, 6.07) is 10.5. The Labute approximate surface area is 168 Å². The molecule has 3 aromatic rings. The maximum absolute atomic E-state index is 12.6. The molecule has 0 amide bonds. The van der Waals surface area contributed by atoms with Crippen molar-refractivity contribution in [2.24, 2.45) is 0 Å². The van der Waals surface area contributed by atoms with Gasteiger partial charge in [-0.3, -0.25) is 4.98 Å². The molecule has 150 valence electrons. The molecule has 2 aromatic carbocycles.